The van der Waals surface area contributed by atoms with Crippen LogP contribution in [0.3, 0.4) is 0 Å². The quantitative estimate of drug-likeness (QED) is 0.750. The number of thiophene rings is 1. The maximum atomic E-state index is 12.3. The summed E-state index contributed by atoms with van der Waals surface area (Å²) in [7, 11) is 1.78. The Morgan fingerprint density at radius 1 is 1.43 bits per heavy atom. The first-order valence-electron chi connectivity index (χ1n) is 6.36. The van der Waals surface area contributed by atoms with E-state index in [0.717, 1.165) is 9.35 Å². The second kappa shape index (κ2) is 7.29. The van der Waals surface area contributed by atoms with Crippen molar-refractivity contribution in [3.63, 3.8) is 0 Å². The summed E-state index contributed by atoms with van der Waals surface area (Å²) in [5.74, 6) is 0.571. The lowest BCUT2D eigenvalue weighted by atomic mass is 10.3. The van der Waals surface area contributed by atoms with Gasteiger partial charge in [-0.15, -0.1) is 11.3 Å². The second-order valence-electron chi connectivity index (χ2n) is 4.64. The zero-order valence-corrected chi connectivity index (χ0v) is 14.8. The maximum Gasteiger partial charge on any atom is 0.263 e. The number of benzene rings is 1. The molecule has 0 radical (unpaired) electrons. The number of hydrogen-bond acceptors (Lipinski definition) is 3. The van der Waals surface area contributed by atoms with Crippen molar-refractivity contribution in [1.29, 1.82) is 0 Å². The van der Waals surface area contributed by atoms with Crippen LogP contribution in [0.4, 0.5) is 0 Å². The minimum Gasteiger partial charge on any atom is -0.481 e. The predicted octanol–water partition coefficient (Wildman–Crippen LogP) is 4.59. The molecule has 0 aliphatic rings. The minimum absolute atomic E-state index is 0.0607. The molecule has 1 heterocycles. The topological polar surface area (TPSA) is 29.5 Å². The summed E-state index contributed by atoms with van der Waals surface area (Å²) in [6.07, 6.45) is -0.542. The highest BCUT2D eigenvalue weighted by Gasteiger charge is 2.19. The molecule has 0 saturated heterocycles. The lowest BCUT2D eigenvalue weighted by molar-refractivity contribution is -0.137. The fourth-order valence-corrected chi connectivity index (χ4v) is 3.46. The summed E-state index contributed by atoms with van der Waals surface area (Å²) >= 11 is 10.8. The van der Waals surface area contributed by atoms with E-state index >= 15 is 0 Å². The van der Waals surface area contributed by atoms with Gasteiger partial charge >= 0.3 is 0 Å². The molecule has 1 amide bonds. The molecule has 1 aromatic heterocycles. The van der Waals surface area contributed by atoms with Crippen LogP contribution in [-0.4, -0.2) is 24.0 Å². The van der Waals surface area contributed by atoms with E-state index in [2.05, 4.69) is 15.9 Å². The SMILES string of the molecule is CC(Oc1ccc(Cl)cc1)C(=O)N(C)Cc1cc(Br)cs1. The molecule has 0 bridgehead atoms. The van der Waals surface area contributed by atoms with Gasteiger partial charge in [-0.2, -0.15) is 0 Å². The number of amides is 1. The highest BCUT2D eigenvalue weighted by Crippen LogP contribution is 2.21. The maximum absolute atomic E-state index is 12.3. The Balaban J connectivity index is 1.93. The van der Waals surface area contributed by atoms with Gasteiger partial charge in [-0.1, -0.05) is 11.6 Å². The van der Waals surface area contributed by atoms with Gasteiger partial charge in [-0.05, 0) is 53.2 Å². The third-order valence-electron chi connectivity index (χ3n) is 2.87. The largest absolute Gasteiger partial charge is 0.481 e. The Labute approximate surface area is 141 Å². The van der Waals surface area contributed by atoms with Crippen molar-refractivity contribution < 1.29 is 9.53 Å². The highest BCUT2D eigenvalue weighted by molar-refractivity contribution is 9.10. The lowest BCUT2D eigenvalue weighted by Gasteiger charge is -2.21. The Bertz CT molecular complexity index is 614. The lowest BCUT2D eigenvalue weighted by Crippen LogP contribution is -2.37. The van der Waals surface area contributed by atoms with Gasteiger partial charge in [0.05, 0.1) is 6.54 Å². The smallest absolute Gasteiger partial charge is 0.263 e. The van der Waals surface area contributed by atoms with Crippen molar-refractivity contribution in [3.05, 3.63) is 50.1 Å². The van der Waals surface area contributed by atoms with E-state index in [0.29, 0.717) is 17.3 Å². The van der Waals surface area contributed by atoms with Crippen molar-refractivity contribution in [3.8, 4) is 5.75 Å². The average Bonchev–Trinajstić information content (AvgIpc) is 2.85. The minimum atomic E-state index is -0.542. The molecule has 1 unspecified atom stereocenters. The Hall–Kier alpha value is -1.04. The van der Waals surface area contributed by atoms with Crippen molar-refractivity contribution in [1.82, 2.24) is 4.90 Å². The van der Waals surface area contributed by atoms with Gasteiger partial charge in [0.25, 0.3) is 5.91 Å². The van der Waals surface area contributed by atoms with Gasteiger partial charge in [-0.25, -0.2) is 0 Å². The summed E-state index contributed by atoms with van der Waals surface area (Å²) in [5, 5.41) is 2.64. The fraction of sp³-hybridized carbons (Fsp3) is 0.267. The molecule has 0 N–H and O–H groups in total. The number of ether oxygens (including phenoxy) is 1. The van der Waals surface area contributed by atoms with Gasteiger partial charge < -0.3 is 9.64 Å². The first-order valence-corrected chi connectivity index (χ1v) is 8.41. The van der Waals surface area contributed by atoms with E-state index in [1.807, 2.05) is 11.4 Å². The Morgan fingerprint density at radius 3 is 2.67 bits per heavy atom. The first kappa shape index (κ1) is 16.3. The number of likely N-dealkylation sites (N-methyl/N-ethyl adjacent to an activating group) is 1. The van der Waals surface area contributed by atoms with E-state index < -0.39 is 6.10 Å². The standard InChI is InChI=1S/C15H15BrClNO2S/c1-10(20-13-5-3-12(17)4-6-13)15(19)18(2)8-14-7-11(16)9-21-14/h3-7,9-10H,8H2,1-2H3. The predicted molar refractivity (Wildman–Crippen MR) is 90.0 cm³/mol. The summed E-state index contributed by atoms with van der Waals surface area (Å²) in [6, 6.07) is 8.99. The van der Waals surface area contributed by atoms with E-state index in [-0.39, 0.29) is 5.91 Å². The van der Waals surface area contributed by atoms with Crippen LogP contribution in [-0.2, 0) is 11.3 Å². The van der Waals surface area contributed by atoms with Crippen LogP contribution >= 0.6 is 38.9 Å². The van der Waals surface area contributed by atoms with Gasteiger partial charge in [0, 0.05) is 26.8 Å². The molecule has 2 aromatic rings. The third kappa shape index (κ3) is 4.73. The molecule has 112 valence electrons. The van der Waals surface area contributed by atoms with E-state index in [1.165, 1.54) is 0 Å². The van der Waals surface area contributed by atoms with Crippen LogP contribution in [0.5, 0.6) is 5.75 Å². The number of rotatable bonds is 5. The normalized spacial score (nSPS) is 12.0. The van der Waals surface area contributed by atoms with Gasteiger partial charge in [0.1, 0.15) is 5.75 Å². The van der Waals surface area contributed by atoms with E-state index in [9.17, 15) is 4.79 Å². The van der Waals surface area contributed by atoms with Crippen molar-refractivity contribution in [2.24, 2.45) is 0 Å². The molecular formula is C15H15BrClNO2S. The molecular weight excluding hydrogens is 374 g/mol. The van der Waals surface area contributed by atoms with Gasteiger partial charge in [0.15, 0.2) is 6.10 Å². The number of halogens is 2. The number of hydrogen-bond donors (Lipinski definition) is 0. The molecule has 0 spiro atoms. The first-order chi connectivity index (χ1) is 9.95. The molecule has 2 rings (SSSR count). The Kier molecular flexibility index (Phi) is 5.67. The molecule has 3 nitrogen and oxygen atoms in total. The molecule has 0 fully saturated rings. The van der Waals surface area contributed by atoms with Crippen LogP contribution in [0.25, 0.3) is 0 Å². The monoisotopic (exact) mass is 387 g/mol. The molecule has 0 saturated carbocycles. The van der Waals surface area contributed by atoms with Crippen LogP contribution in [0.1, 0.15) is 11.8 Å². The molecule has 6 heteroatoms. The van der Waals surface area contributed by atoms with Crippen LogP contribution in [0, 0.1) is 0 Å². The zero-order valence-electron chi connectivity index (χ0n) is 11.7. The van der Waals surface area contributed by atoms with Crippen molar-refractivity contribution in [2.45, 2.75) is 19.6 Å². The molecule has 0 aliphatic heterocycles. The average molecular weight is 389 g/mol. The number of carbonyl (C=O) groups is 1. The summed E-state index contributed by atoms with van der Waals surface area (Å²) in [6.45, 7) is 2.32. The van der Waals surface area contributed by atoms with Crippen LogP contribution < -0.4 is 4.74 Å². The molecule has 1 aromatic carbocycles. The number of carbonyl (C=O) groups excluding carboxylic acids is 1. The van der Waals surface area contributed by atoms with E-state index in [4.69, 9.17) is 16.3 Å². The molecule has 0 aliphatic carbocycles. The Morgan fingerprint density at radius 2 is 2.10 bits per heavy atom. The van der Waals surface area contributed by atoms with Crippen LogP contribution in [0.2, 0.25) is 5.02 Å². The van der Waals surface area contributed by atoms with Crippen molar-refractivity contribution in [2.75, 3.05) is 7.05 Å². The molecule has 1 atom stereocenters. The zero-order chi connectivity index (χ0) is 15.4. The summed E-state index contributed by atoms with van der Waals surface area (Å²) in [4.78, 5) is 15.1. The molecule has 21 heavy (non-hydrogen) atoms. The third-order valence-corrected chi connectivity index (χ3v) is 4.80. The van der Waals surface area contributed by atoms with Gasteiger partial charge in [0.2, 0.25) is 0 Å². The summed E-state index contributed by atoms with van der Waals surface area (Å²) < 4.78 is 6.68. The highest BCUT2D eigenvalue weighted by atomic mass is 79.9. The fourth-order valence-electron chi connectivity index (χ4n) is 1.83. The van der Waals surface area contributed by atoms with Crippen molar-refractivity contribution >= 4 is 44.8 Å². The van der Waals surface area contributed by atoms with Gasteiger partial charge in [-0.3, -0.25) is 4.79 Å². The van der Waals surface area contributed by atoms with E-state index in [1.54, 1.807) is 54.5 Å². The second-order valence-corrected chi connectivity index (χ2v) is 6.99. The number of nitrogens with zero attached hydrogens (tertiary/aromatic N) is 1. The summed E-state index contributed by atoms with van der Waals surface area (Å²) in [5.41, 5.74) is 0. The van der Waals surface area contributed by atoms with Crippen LogP contribution in [0.15, 0.2) is 40.2 Å².